The molecule has 0 spiro atoms. The fraction of sp³-hybridized carbons (Fsp3) is 1.00. The van der Waals surface area contributed by atoms with Crippen LogP contribution in [0.1, 0.15) is 32.6 Å². The Kier molecular flexibility index (Phi) is 5.74. The number of hydrogen-bond acceptors (Lipinski definition) is 2. The Morgan fingerprint density at radius 2 is 2.09 bits per heavy atom. The Balaban J connectivity index is 3.31. The summed E-state index contributed by atoms with van der Waals surface area (Å²) in [4.78, 5) is 8.58. The van der Waals surface area contributed by atoms with E-state index < -0.39 is 7.60 Å². The van der Waals surface area contributed by atoms with E-state index in [1.54, 1.807) is 0 Å². The Morgan fingerprint density at radius 1 is 1.45 bits per heavy atom. The molecule has 1 unspecified atom stereocenters. The van der Waals surface area contributed by atoms with Gasteiger partial charge in [-0.15, -0.1) is 4.73 Å². The molecule has 0 aromatic rings. The van der Waals surface area contributed by atoms with Crippen LogP contribution in [0.2, 0.25) is 0 Å². The summed E-state index contributed by atoms with van der Waals surface area (Å²) < 4.78 is 24.7. The lowest BCUT2D eigenvalue weighted by molar-refractivity contribution is -0.0189. The normalized spacial score (nSPS) is 16.3. The van der Waals surface area contributed by atoms with E-state index in [1.165, 1.54) is 0 Å². The summed E-state index contributed by atoms with van der Waals surface area (Å²) >= 11 is 0. The number of halogens is 1. The van der Waals surface area contributed by atoms with Crippen molar-refractivity contribution in [3.05, 3.63) is 0 Å². The van der Waals surface area contributed by atoms with Crippen LogP contribution >= 0.6 is 7.60 Å². The van der Waals surface area contributed by atoms with Crippen molar-refractivity contribution in [3.8, 4) is 0 Å². The molecule has 0 radical (unpaired) electrons. The standard InChI is InChI=1S/C6H14FO3P/c1-2-3-4-5-6-11(8,9)10-7/h2-6H2,1H3,(H,8,9). The Hall–Kier alpha value is 0.0800. The zero-order chi connectivity index (χ0) is 8.74. The van der Waals surface area contributed by atoms with Gasteiger partial charge < -0.3 is 4.89 Å². The van der Waals surface area contributed by atoms with Crippen LogP contribution < -0.4 is 0 Å². The molecule has 0 rings (SSSR count). The number of rotatable bonds is 6. The van der Waals surface area contributed by atoms with Crippen molar-refractivity contribution in [1.82, 2.24) is 0 Å². The molecule has 0 saturated carbocycles. The first-order valence-electron chi connectivity index (χ1n) is 3.74. The first kappa shape index (κ1) is 11.1. The molecule has 0 aromatic carbocycles. The summed E-state index contributed by atoms with van der Waals surface area (Å²) in [5.74, 6) is 0. The molecule has 0 saturated heterocycles. The molecule has 0 aromatic heterocycles. The van der Waals surface area contributed by atoms with Gasteiger partial charge in [-0.1, -0.05) is 26.2 Å². The van der Waals surface area contributed by atoms with Gasteiger partial charge in [-0.05, 0) is 10.9 Å². The van der Waals surface area contributed by atoms with E-state index in [1.807, 2.05) is 6.92 Å². The van der Waals surface area contributed by atoms with E-state index in [2.05, 4.69) is 4.73 Å². The van der Waals surface area contributed by atoms with Crippen LogP contribution in [0.25, 0.3) is 0 Å². The highest BCUT2D eigenvalue weighted by molar-refractivity contribution is 7.52. The van der Waals surface area contributed by atoms with Crippen molar-refractivity contribution in [2.24, 2.45) is 0 Å². The van der Waals surface area contributed by atoms with E-state index in [-0.39, 0.29) is 6.16 Å². The molecule has 0 aliphatic carbocycles. The topological polar surface area (TPSA) is 46.5 Å². The predicted octanol–water partition coefficient (Wildman–Crippen LogP) is 2.65. The maximum Gasteiger partial charge on any atom is 0.361 e. The highest BCUT2D eigenvalue weighted by atomic mass is 31.2. The highest BCUT2D eigenvalue weighted by Gasteiger charge is 2.18. The average molecular weight is 184 g/mol. The molecule has 0 heterocycles. The van der Waals surface area contributed by atoms with E-state index in [0.29, 0.717) is 6.42 Å². The summed E-state index contributed by atoms with van der Waals surface area (Å²) in [6, 6.07) is 0. The monoisotopic (exact) mass is 184 g/mol. The Morgan fingerprint density at radius 3 is 2.55 bits per heavy atom. The molecule has 0 aliphatic rings. The summed E-state index contributed by atoms with van der Waals surface area (Å²) in [5, 5.41) is 0. The summed E-state index contributed by atoms with van der Waals surface area (Å²) in [5.41, 5.74) is 0. The molecule has 0 aliphatic heterocycles. The van der Waals surface area contributed by atoms with Crippen LogP contribution in [0, 0.1) is 0 Å². The molecule has 1 atom stereocenters. The molecule has 5 heteroatoms. The fourth-order valence-electron chi connectivity index (χ4n) is 0.773. The summed E-state index contributed by atoms with van der Waals surface area (Å²) in [7, 11) is -3.88. The first-order chi connectivity index (χ1) is 5.12. The molecular formula is C6H14FO3P. The van der Waals surface area contributed by atoms with Crippen LogP contribution in [-0.4, -0.2) is 11.1 Å². The lowest BCUT2D eigenvalue weighted by Gasteiger charge is -2.03. The van der Waals surface area contributed by atoms with Crippen LogP contribution in [0.15, 0.2) is 0 Å². The SMILES string of the molecule is CCCCCCP(=O)(O)OF. The van der Waals surface area contributed by atoms with Gasteiger partial charge in [-0.3, -0.25) is 4.57 Å². The van der Waals surface area contributed by atoms with Gasteiger partial charge in [0.2, 0.25) is 0 Å². The van der Waals surface area contributed by atoms with Crippen molar-refractivity contribution < 1.29 is 18.7 Å². The second-order valence-electron chi connectivity index (χ2n) is 2.49. The van der Waals surface area contributed by atoms with Crippen LogP contribution in [0.5, 0.6) is 0 Å². The van der Waals surface area contributed by atoms with Gasteiger partial charge in [0.1, 0.15) is 0 Å². The summed E-state index contributed by atoms with van der Waals surface area (Å²) in [6.45, 7) is 2.03. The molecule has 0 fully saturated rings. The largest absolute Gasteiger partial charge is 0.361 e. The minimum absolute atomic E-state index is 0.0799. The lowest BCUT2D eigenvalue weighted by Crippen LogP contribution is -1.89. The van der Waals surface area contributed by atoms with E-state index in [9.17, 15) is 9.09 Å². The third-order valence-electron chi connectivity index (χ3n) is 1.40. The van der Waals surface area contributed by atoms with Crippen molar-refractivity contribution in [2.45, 2.75) is 32.6 Å². The number of hydrogen-bond donors (Lipinski definition) is 1. The average Bonchev–Trinajstić information content (AvgIpc) is 1.99. The van der Waals surface area contributed by atoms with Crippen molar-refractivity contribution in [2.75, 3.05) is 6.16 Å². The maximum absolute atomic E-state index is 11.3. The van der Waals surface area contributed by atoms with E-state index >= 15 is 0 Å². The van der Waals surface area contributed by atoms with Gasteiger partial charge in [0.25, 0.3) is 0 Å². The quantitative estimate of drug-likeness (QED) is 0.509. The molecule has 3 nitrogen and oxygen atoms in total. The molecular weight excluding hydrogens is 170 g/mol. The van der Waals surface area contributed by atoms with Crippen molar-refractivity contribution in [1.29, 1.82) is 0 Å². The molecule has 0 amide bonds. The van der Waals surface area contributed by atoms with Gasteiger partial charge in [0.05, 0.1) is 6.16 Å². The van der Waals surface area contributed by atoms with Gasteiger partial charge in [0.15, 0.2) is 0 Å². The zero-order valence-corrected chi connectivity index (χ0v) is 7.52. The second kappa shape index (κ2) is 5.70. The summed E-state index contributed by atoms with van der Waals surface area (Å²) in [6.07, 6.45) is 3.37. The zero-order valence-electron chi connectivity index (χ0n) is 6.62. The van der Waals surface area contributed by atoms with Crippen LogP contribution in [-0.2, 0) is 9.29 Å². The smallest absolute Gasteiger partial charge is 0.323 e. The minimum Gasteiger partial charge on any atom is -0.323 e. The van der Waals surface area contributed by atoms with Crippen LogP contribution in [0.3, 0.4) is 0 Å². The minimum atomic E-state index is -3.88. The third-order valence-corrected chi connectivity index (χ3v) is 2.50. The maximum atomic E-state index is 11.3. The number of unbranched alkanes of at least 4 members (excludes halogenated alkanes) is 3. The third kappa shape index (κ3) is 6.48. The van der Waals surface area contributed by atoms with Gasteiger partial charge in [0, 0.05) is 0 Å². The molecule has 0 bridgehead atoms. The van der Waals surface area contributed by atoms with Gasteiger partial charge in [-0.25, -0.2) is 0 Å². The van der Waals surface area contributed by atoms with Crippen molar-refractivity contribution >= 4 is 7.60 Å². The van der Waals surface area contributed by atoms with Gasteiger partial charge >= 0.3 is 7.60 Å². The van der Waals surface area contributed by atoms with Gasteiger partial charge in [-0.2, -0.15) is 0 Å². The molecule has 68 valence electrons. The highest BCUT2D eigenvalue weighted by Crippen LogP contribution is 2.42. The molecule has 11 heavy (non-hydrogen) atoms. The second-order valence-corrected chi connectivity index (χ2v) is 4.35. The van der Waals surface area contributed by atoms with Crippen LogP contribution in [0.4, 0.5) is 4.53 Å². The van der Waals surface area contributed by atoms with Crippen molar-refractivity contribution in [3.63, 3.8) is 0 Å². The van der Waals surface area contributed by atoms with E-state index in [0.717, 1.165) is 19.3 Å². The molecule has 1 N–H and O–H groups in total. The Labute approximate surface area is 66.0 Å². The lowest BCUT2D eigenvalue weighted by atomic mass is 10.2. The van der Waals surface area contributed by atoms with E-state index in [4.69, 9.17) is 4.89 Å². The Bertz CT molecular complexity index is 140. The fourth-order valence-corrected chi connectivity index (χ4v) is 1.47. The predicted molar refractivity (Wildman–Crippen MR) is 41.0 cm³/mol. The first-order valence-corrected chi connectivity index (χ1v) is 5.51.